The molecule has 0 aromatic heterocycles. The number of rotatable bonds is 3. The Morgan fingerprint density at radius 2 is 2.09 bits per heavy atom. The molecular weight excluding hydrogens is 312 g/mol. The molecule has 4 nitrogen and oxygen atoms in total. The number of carbonyl (C=O) groups excluding carboxylic acids is 1. The van der Waals surface area contributed by atoms with Gasteiger partial charge in [0.15, 0.2) is 0 Å². The molecule has 2 aliphatic rings. The second-order valence-electron chi connectivity index (χ2n) is 6.64. The quantitative estimate of drug-likeness (QED) is 0.892. The summed E-state index contributed by atoms with van der Waals surface area (Å²) in [5, 5.41) is 7.39. The first-order chi connectivity index (χ1) is 11.1. The van der Waals surface area contributed by atoms with Crippen molar-refractivity contribution < 1.29 is 9.53 Å². The summed E-state index contributed by atoms with van der Waals surface area (Å²) in [6, 6.07) is 8.19. The second kappa shape index (κ2) is 7.20. The lowest BCUT2D eigenvalue weighted by atomic mass is 9.73. The van der Waals surface area contributed by atoms with E-state index in [-0.39, 0.29) is 11.9 Å². The van der Waals surface area contributed by atoms with Gasteiger partial charge in [-0.2, -0.15) is 0 Å². The summed E-state index contributed by atoms with van der Waals surface area (Å²) in [5.41, 5.74) is 0.354. The Bertz CT molecular complexity index is 558. The lowest BCUT2D eigenvalue weighted by Crippen LogP contribution is -2.57. The SMILES string of the molecule is CC1NCCCC1NC(=O)C1(c2ccccc2Cl)CCOCC1. The van der Waals surface area contributed by atoms with Crippen molar-refractivity contribution in [2.24, 2.45) is 0 Å². The average molecular weight is 337 g/mol. The molecule has 0 aliphatic carbocycles. The van der Waals surface area contributed by atoms with Gasteiger partial charge in [-0.1, -0.05) is 29.8 Å². The number of benzene rings is 1. The molecule has 2 saturated heterocycles. The molecule has 5 heteroatoms. The Morgan fingerprint density at radius 3 is 2.78 bits per heavy atom. The molecule has 2 aliphatic heterocycles. The average Bonchev–Trinajstić information content (AvgIpc) is 2.58. The zero-order chi connectivity index (χ0) is 16.3. The molecule has 2 heterocycles. The van der Waals surface area contributed by atoms with Gasteiger partial charge in [0.05, 0.1) is 5.41 Å². The van der Waals surface area contributed by atoms with Crippen LogP contribution in [0.25, 0.3) is 0 Å². The molecule has 2 N–H and O–H groups in total. The number of nitrogens with one attached hydrogen (secondary N) is 2. The summed E-state index contributed by atoms with van der Waals surface area (Å²) in [5.74, 6) is 0.0921. The van der Waals surface area contributed by atoms with Crippen molar-refractivity contribution in [2.45, 2.75) is 50.1 Å². The van der Waals surface area contributed by atoms with Crippen LogP contribution in [0.4, 0.5) is 0 Å². The second-order valence-corrected chi connectivity index (χ2v) is 7.05. The molecule has 2 fully saturated rings. The van der Waals surface area contributed by atoms with E-state index in [2.05, 4.69) is 17.6 Å². The van der Waals surface area contributed by atoms with Crippen molar-refractivity contribution in [3.63, 3.8) is 0 Å². The van der Waals surface area contributed by atoms with Gasteiger partial charge in [0.2, 0.25) is 5.91 Å². The predicted octanol–water partition coefficient (Wildman–Crippen LogP) is 2.64. The minimum absolute atomic E-state index is 0.0921. The molecule has 0 saturated carbocycles. The van der Waals surface area contributed by atoms with Crippen molar-refractivity contribution in [2.75, 3.05) is 19.8 Å². The summed E-state index contributed by atoms with van der Waals surface area (Å²) in [6.07, 6.45) is 3.47. The van der Waals surface area contributed by atoms with Crippen LogP contribution in [0.15, 0.2) is 24.3 Å². The van der Waals surface area contributed by atoms with Gasteiger partial charge in [-0.05, 0) is 50.8 Å². The Kier molecular flexibility index (Phi) is 5.24. The van der Waals surface area contributed by atoms with Crippen LogP contribution in [-0.4, -0.2) is 37.7 Å². The molecule has 126 valence electrons. The van der Waals surface area contributed by atoms with E-state index in [1.165, 1.54) is 0 Å². The Balaban J connectivity index is 1.86. The van der Waals surface area contributed by atoms with Gasteiger partial charge in [-0.15, -0.1) is 0 Å². The Labute approximate surface area is 142 Å². The minimum atomic E-state index is -0.576. The number of carbonyl (C=O) groups is 1. The summed E-state index contributed by atoms with van der Waals surface area (Å²) < 4.78 is 5.51. The standard InChI is InChI=1S/C18H25ClN2O2/c1-13-16(7-4-10-20-13)21-17(22)18(8-11-23-12-9-18)14-5-2-3-6-15(14)19/h2-3,5-6,13,16,20H,4,7-12H2,1H3,(H,21,22). The van der Waals surface area contributed by atoms with Crippen molar-refractivity contribution >= 4 is 17.5 Å². The molecule has 1 aromatic rings. The van der Waals surface area contributed by atoms with Crippen LogP contribution in [0.2, 0.25) is 5.02 Å². The fourth-order valence-corrected chi connectivity index (χ4v) is 4.05. The maximum atomic E-state index is 13.2. The molecular formula is C18H25ClN2O2. The number of halogens is 1. The lowest BCUT2D eigenvalue weighted by Gasteiger charge is -2.39. The molecule has 0 bridgehead atoms. The van der Waals surface area contributed by atoms with Crippen LogP contribution < -0.4 is 10.6 Å². The summed E-state index contributed by atoms with van der Waals surface area (Å²) in [7, 11) is 0. The maximum Gasteiger partial charge on any atom is 0.231 e. The largest absolute Gasteiger partial charge is 0.381 e. The van der Waals surface area contributed by atoms with E-state index in [9.17, 15) is 4.79 Å². The van der Waals surface area contributed by atoms with E-state index in [0.29, 0.717) is 37.1 Å². The van der Waals surface area contributed by atoms with Crippen molar-refractivity contribution in [3.8, 4) is 0 Å². The Hall–Kier alpha value is -1.10. The summed E-state index contributed by atoms with van der Waals surface area (Å²) >= 11 is 6.43. The zero-order valence-electron chi connectivity index (χ0n) is 13.6. The first kappa shape index (κ1) is 16.7. The molecule has 0 spiro atoms. The van der Waals surface area contributed by atoms with Gasteiger partial charge in [-0.25, -0.2) is 0 Å². The normalized spacial score (nSPS) is 27.4. The first-order valence-corrected chi connectivity index (χ1v) is 8.88. The van der Waals surface area contributed by atoms with Gasteiger partial charge in [0.1, 0.15) is 0 Å². The molecule has 1 aromatic carbocycles. The lowest BCUT2D eigenvalue weighted by molar-refractivity contribution is -0.131. The molecule has 23 heavy (non-hydrogen) atoms. The fourth-order valence-electron chi connectivity index (χ4n) is 3.74. The molecule has 2 atom stereocenters. The molecule has 0 radical (unpaired) electrons. The van der Waals surface area contributed by atoms with E-state index in [4.69, 9.17) is 16.3 Å². The fraction of sp³-hybridized carbons (Fsp3) is 0.611. The van der Waals surface area contributed by atoms with Crippen molar-refractivity contribution in [3.05, 3.63) is 34.9 Å². The van der Waals surface area contributed by atoms with E-state index in [0.717, 1.165) is 24.9 Å². The van der Waals surface area contributed by atoms with Crippen molar-refractivity contribution in [1.29, 1.82) is 0 Å². The minimum Gasteiger partial charge on any atom is -0.381 e. The van der Waals surface area contributed by atoms with Crippen LogP contribution in [-0.2, 0) is 14.9 Å². The zero-order valence-corrected chi connectivity index (χ0v) is 14.4. The number of amides is 1. The highest BCUT2D eigenvalue weighted by Gasteiger charge is 2.44. The first-order valence-electron chi connectivity index (χ1n) is 8.50. The van der Waals surface area contributed by atoms with Gasteiger partial charge in [0.25, 0.3) is 0 Å². The third kappa shape index (κ3) is 3.39. The molecule has 2 unspecified atom stereocenters. The van der Waals surface area contributed by atoms with Crippen LogP contribution in [0, 0.1) is 0 Å². The Morgan fingerprint density at radius 1 is 1.35 bits per heavy atom. The van der Waals surface area contributed by atoms with E-state index in [1.54, 1.807) is 0 Å². The van der Waals surface area contributed by atoms with Gasteiger partial charge < -0.3 is 15.4 Å². The van der Waals surface area contributed by atoms with Gasteiger partial charge >= 0.3 is 0 Å². The van der Waals surface area contributed by atoms with E-state index in [1.807, 2.05) is 24.3 Å². The highest BCUT2D eigenvalue weighted by atomic mass is 35.5. The van der Waals surface area contributed by atoms with E-state index < -0.39 is 5.41 Å². The highest BCUT2D eigenvalue weighted by Crippen LogP contribution is 2.39. The van der Waals surface area contributed by atoms with Crippen LogP contribution >= 0.6 is 11.6 Å². The van der Waals surface area contributed by atoms with Crippen LogP contribution in [0.3, 0.4) is 0 Å². The van der Waals surface area contributed by atoms with Crippen LogP contribution in [0.5, 0.6) is 0 Å². The molecule has 3 rings (SSSR count). The summed E-state index contributed by atoms with van der Waals surface area (Å²) in [6.45, 7) is 4.35. The van der Waals surface area contributed by atoms with Crippen LogP contribution in [0.1, 0.15) is 38.2 Å². The third-order valence-electron chi connectivity index (χ3n) is 5.25. The number of hydrogen-bond acceptors (Lipinski definition) is 3. The number of ether oxygens (including phenoxy) is 1. The topological polar surface area (TPSA) is 50.4 Å². The smallest absolute Gasteiger partial charge is 0.231 e. The monoisotopic (exact) mass is 336 g/mol. The van der Waals surface area contributed by atoms with Crippen molar-refractivity contribution in [1.82, 2.24) is 10.6 Å². The number of hydrogen-bond donors (Lipinski definition) is 2. The van der Waals surface area contributed by atoms with Gasteiger partial charge in [-0.3, -0.25) is 4.79 Å². The van der Waals surface area contributed by atoms with E-state index >= 15 is 0 Å². The van der Waals surface area contributed by atoms with Gasteiger partial charge in [0, 0.05) is 30.3 Å². The summed E-state index contributed by atoms with van der Waals surface area (Å²) in [4.78, 5) is 13.2. The predicted molar refractivity (Wildman–Crippen MR) is 91.8 cm³/mol. The molecule has 1 amide bonds. The highest BCUT2D eigenvalue weighted by molar-refractivity contribution is 6.31. The number of piperidine rings is 1. The third-order valence-corrected chi connectivity index (χ3v) is 5.58. The maximum absolute atomic E-state index is 13.2.